The molecule has 0 aliphatic carbocycles. The summed E-state index contributed by atoms with van der Waals surface area (Å²) in [6, 6.07) is 7.92. The van der Waals surface area contributed by atoms with Gasteiger partial charge in [0.15, 0.2) is 0 Å². The molecule has 3 aliphatic heterocycles. The van der Waals surface area contributed by atoms with Crippen LogP contribution in [-0.4, -0.2) is 54.1 Å². The van der Waals surface area contributed by atoms with E-state index in [1.165, 1.54) is 4.90 Å². The molecule has 0 aromatic heterocycles. The lowest BCUT2D eigenvalue weighted by molar-refractivity contribution is -0.149. The highest BCUT2D eigenvalue weighted by atomic mass is 16.5. The molecule has 4 atom stereocenters. The first-order valence-electron chi connectivity index (χ1n) is 9.58. The number of carbonyl (C=O) groups is 3. The maximum atomic E-state index is 13.0. The first-order valence-corrected chi connectivity index (χ1v) is 9.58. The average Bonchev–Trinajstić information content (AvgIpc) is 3.30. The molecule has 0 saturated carbocycles. The third-order valence-electron chi connectivity index (χ3n) is 5.69. The number of nitrogens with zero attached hydrogens (tertiary/aromatic N) is 1. The summed E-state index contributed by atoms with van der Waals surface area (Å²) in [4.78, 5) is 39.1. The molecule has 2 amide bonds. The molecular formula is C21H24N2O5. The second kappa shape index (κ2) is 7.05. The van der Waals surface area contributed by atoms with Crippen molar-refractivity contribution in [3.8, 4) is 0 Å². The van der Waals surface area contributed by atoms with E-state index in [0.29, 0.717) is 6.54 Å². The number of rotatable bonds is 6. The molecule has 148 valence electrons. The van der Waals surface area contributed by atoms with Gasteiger partial charge in [-0.25, -0.2) is 0 Å². The Morgan fingerprint density at radius 3 is 2.79 bits per heavy atom. The van der Waals surface area contributed by atoms with Gasteiger partial charge in [-0.1, -0.05) is 42.0 Å². The van der Waals surface area contributed by atoms with Crippen molar-refractivity contribution in [2.45, 2.75) is 32.1 Å². The fraction of sp³-hybridized carbons (Fsp3) is 0.476. The van der Waals surface area contributed by atoms with E-state index in [9.17, 15) is 14.4 Å². The van der Waals surface area contributed by atoms with Crippen molar-refractivity contribution in [3.63, 3.8) is 0 Å². The van der Waals surface area contributed by atoms with Crippen LogP contribution in [0.4, 0.5) is 0 Å². The van der Waals surface area contributed by atoms with Gasteiger partial charge in [-0.3, -0.25) is 14.4 Å². The molecule has 3 heterocycles. The summed E-state index contributed by atoms with van der Waals surface area (Å²) in [7, 11) is 0. The predicted octanol–water partition coefficient (Wildman–Crippen LogP) is 0.956. The molecule has 7 heteroatoms. The maximum absolute atomic E-state index is 13.0. The van der Waals surface area contributed by atoms with E-state index in [2.05, 4.69) is 5.32 Å². The van der Waals surface area contributed by atoms with Crippen molar-refractivity contribution >= 4 is 17.8 Å². The zero-order chi connectivity index (χ0) is 19.9. The van der Waals surface area contributed by atoms with E-state index in [-0.39, 0.29) is 31.5 Å². The third-order valence-corrected chi connectivity index (χ3v) is 5.69. The van der Waals surface area contributed by atoms with Crippen LogP contribution in [0.3, 0.4) is 0 Å². The number of aryl methyl sites for hydroxylation is 1. The Balaban J connectivity index is 1.46. The van der Waals surface area contributed by atoms with Crippen molar-refractivity contribution in [2.24, 2.45) is 11.8 Å². The second-order valence-corrected chi connectivity index (χ2v) is 7.60. The maximum Gasteiger partial charge on any atom is 0.325 e. The number of esters is 1. The normalized spacial score (nSPS) is 29.9. The lowest BCUT2D eigenvalue weighted by Gasteiger charge is -2.23. The first kappa shape index (κ1) is 18.7. The number of amides is 2. The zero-order valence-electron chi connectivity index (χ0n) is 16.0. The van der Waals surface area contributed by atoms with Crippen molar-refractivity contribution in [2.75, 3.05) is 19.7 Å². The Kier molecular flexibility index (Phi) is 4.71. The molecule has 28 heavy (non-hydrogen) atoms. The van der Waals surface area contributed by atoms with Gasteiger partial charge in [0.1, 0.15) is 12.1 Å². The standard InChI is InChI=1S/C21H24N2O5/c1-3-27-16(24)11-23-12-21-9-8-15(28-21)17(18(21)20(23)26)19(25)22-10-14-6-4-13(2)5-7-14/h4-9,15,17-18H,3,10-12H2,1-2H3,(H,22,25)/t15-,17+,18-,21?/m1/s1. The number of nitrogens with one attached hydrogen (secondary N) is 1. The van der Waals surface area contributed by atoms with Crippen LogP contribution < -0.4 is 5.32 Å². The van der Waals surface area contributed by atoms with Gasteiger partial charge in [-0.15, -0.1) is 0 Å². The Bertz CT molecular complexity index is 834. The third kappa shape index (κ3) is 3.09. The van der Waals surface area contributed by atoms with Crippen molar-refractivity contribution < 1.29 is 23.9 Å². The lowest BCUT2D eigenvalue weighted by atomic mass is 9.77. The molecular weight excluding hydrogens is 360 g/mol. The summed E-state index contributed by atoms with van der Waals surface area (Å²) in [5, 5.41) is 2.94. The fourth-order valence-electron chi connectivity index (χ4n) is 4.39. The van der Waals surface area contributed by atoms with Gasteiger partial charge in [0.05, 0.1) is 31.1 Å². The minimum absolute atomic E-state index is 0.121. The summed E-state index contributed by atoms with van der Waals surface area (Å²) in [6.45, 7) is 4.53. The Hall–Kier alpha value is -2.67. The molecule has 2 bridgehead atoms. The predicted molar refractivity (Wildman–Crippen MR) is 100.0 cm³/mol. The summed E-state index contributed by atoms with van der Waals surface area (Å²) in [6.07, 6.45) is 3.32. The highest BCUT2D eigenvalue weighted by molar-refractivity contribution is 5.94. The summed E-state index contributed by atoms with van der Waals surface area (Å²) in [5.74, 6) is -2.07. The van der Waals surface area contributed by atoms with Gasteiger partial charge < -0.3 is 19.7 Å². The fourth-order valence-corrected chi connectivity index (χ4v) is 4.39. The molecule has 1 N–H and O–H groups in total. The number of carbonyl (C=O) groups excluding carboxylic acids is 3. The van der Waals surface area contributed by atoms with Gasteiger partial charge >= 0.3 is 5.97 Å². The summed E-state index contributed by atoms with van der Waals surface area (Å²) >= 11 is 0. The average molecular weight is 384 g/mol. The smallest absolute Gasteiger partial charge is 0.325 e. The van der Waals surface area contributed by atoms with Crippen LogP contribution in [-0.2, 0) is 30.4 Å². The Morgan fingerprint density at radius 1 is 1.32 bits per heavy atom. The first-order chi connectivity index (χ1) is 13.4. The van der Waals surface area contributed by atoms with Crippen LogP contribution >= 0.6 is 0 Å². The quantitative estimate of drug-likeness (QED) is 0.583. The minimum Gasteiger partial charge on any atom is -0.465 e. The molecule has 3 aliphatic rings. The van der Waals surface area contributed by atoms with Gasteiger partial charge in [-0.05, 0) is 19.4 Å². The van der Waals surface area contributed by atoms with Crippen molar-refractivity contribution in [3.05, 3.63) is 47.5 Å². The second-order valence-electron chi connectivity index (χ2n) is 7.60. The largest absolute Gasteiger partial charge is 0.465 e. The van der Waals surface area contributed by atoms with E-state index in [1.807, 2.05) is 43.3 Å². The monoisotopic (exact) mass is 384 g/mol. The Morgan fingerprint density at radius 2 is 2.07 bits per heavy atom. The number of likely N-dealkylation sites (tertiary alicyclic amines) is 1. The number of fused-ring (bicyclic) bond motifs is 1. The molecule has 7 nitrogen and oxygen atoms in total. The SMILES string of the molecule is CCOC(=O)CN1CC23C=C[C@@H](O2)[C@H](C(=O)NCc2ccc(C)cc2)[C@@H]3C1=O. The molecule has 4 rings (SSSR count). The number of ether oxygens (including phenoxy) is 2. The molecule has 1 aromatic carbocycles. The summed E-state index contributed by atoms with van der Waals surface area (Å²) in [5.41, 5.74) is 1.33. The highest BCUT2D eigenvalue weighted by Gasteiger charge is 2.66. The molecule has 1 unspecified atom stereocenters. The highest BCUT2D eigenvalue weighted by Crippen LogP contribution is 2.51. The zero-order valence-corrected chi connectivity index (χ0v) is 16.0. The number of hydrogen-bond acceptors (Lipinski definition) is 5. The molecule has 1 spiro atoms. The molecule has 2 fully saturated rings. The van der Waals surface area contributed by atoms with Crippen LogP contribution in [0.2, 0.25) is 0 Å². The van der Waals surface area contributed by atoms with Gasteiger partial charge in [0.25, 0.3) is 0 Å². The minimum atomic E-state index is -0.819. The van der Waals surface area contributed by atoms with Crippen molar-refractivity contribution in [1.29, 1.82) is 0 Å². The molecule has 0 radical (unpaired) electrons. The van der Waals surface area contributed by atoms with Gasteiger partial charge in [0.2, 0.25) is 11.8 Å². The Labute approximate surface area is 163 Å². The molecule has 2 saturated heterocycles. The van der Waals surface area contributed by atoms with E-state index in [4.69, 9.17) is 9.47 Å². The van der Waals surface area contributed by atoms with Crippen LogP contribution in [0.15, 0.2) is 36.4 Å². The lowest BCUT2D eigenvalue weighted by Crippen LogP contribution is -2.44. The number of benzene rings is 1. The van der Waals surface area contributed by atoms with Crippen molar-refractivity contribution in [1.82, 2.24) is 10.2 Å². The van der Waals surface area contributed by atoms with Crippen LogP contribution in [0.5, 0.6) is 0 Å². The van der Waals surface area contributed by atoms with E-state index in [0.717, 1.165) is 11.1 Å². The van der Waals surface area contributed by atoms with Crippen LogP contribution in [0, 0.1) is 18.8 Å². The van der Waals surface area contributed by atoms with Crippen LogP contribution in [0.1, 0.15) is 18.1 Å². The molecule has 1 aromatic rings. The van der Waals surface area contributed by atoms with E-state index >= 15 is 0 Å². The number of hydrogen-bond donors (Lipinski definition) is 1. The van der Waals surface area contributed by atoms with Gasteiger partial charge in [0, 0.05) is 6.54 Å². The van der Waals surface area contributed by atoms with E-state index in [1.54, 1.807) is 6.92 Å². The summed E-state index contributed by atoms with van der Waals surface area (Å²) < 4.78 is 11.0. The topological polar surface area (TPSA) is 84.9 Å². The van der Waals surface area contributed by atoms with Gasteiger partial charge in [-0.2, -0.15) is 0 Å². The van der Waals surface area contributed by atoms with Crippen LogP contribution in [0.25, 0.3) is 0 Å². The van der Waals surface area contributed by atoms with E-state index < -0.39 is 29.5 Å².